The molecule has 1 aromatic carbocycles. The van der Waals surface area contributed by atoms with Crippen LogP contribution in [-0.4, -0.2) is 40.6 Å². The summed E-state index contributed by atoms with van der Waals surface area (Å²) in [6, 6.07) is 6.94. The number of hydrogen-bond acceptors (Lipinski definition) is 3. The van der Waals surface area contributed by atoms with Gasteiger partial charge in [-0.25, -0.2) is 0 Å². The number of thiocarbonyl (C=S) groups is 1. The Balaban J connectivity index is 2.77. The Hall–Kier alpha value is -1.46. The predicted octanol–water partition coefficient (Wildman–Crippen LogP) is 1.16. The van der Waals surface area contributed by atoms with Crippen molar-refractivity contribution in [3.63, 3.8) is 0 Å². The van der Waals surface area contributed by atoms with Crippen molar-refractivity contribution < 1.29 is 9.90 Å². The Morgan fingerprint density at radius 1 is 1.50 bits per heavy atom. The van der Waals surface area contributed by atoms with Crippen molar-refractivity contribution in [2.75, 3.05) is 13.6 Å². The third-order valence-corrected chi connectivity index (χ3v) is 2.86. The number of aliphatic hydroxyl groups is 1. The van der Waals surface area contributed by atoms with Crippen LogP contribution in [0.5, 0.6) is 0 Å². The van der Waals surface area contributed by atoms with E-state index < -0.39 is 6.10 Å². The van der Waals surface area contributed by atoms with Gasteiger partial charge in [-0.05, 0) is 25.5 Å². The van der Waals surface area contributed by atoms with E-state index in [1.165, 1.54) is 0 Å². The normalized spacial score (nSPS) is 11.9. The number of carbonyl (C=O) groups excluding carboxylic acids is 1. The van der Waals surface area contributed by atoms with E-state index in [9.17, 15) is 9.90 Å². The molecule has 0 aliphatic rings. The second kappa shape index (κ2) is 6.47. The summed E-state index contributed by atoms with van der Waals surface area (Å²) in [5, 5.41) is 9.20. The highest BCUT2D eigenvalue weighted by Gasteiger charge is 2.12. The zero-order valence-electron chi connectivity index (χ0n) is 10.6. The number of nitrogens with zero attached hydrogens (tertiary/aromatic N) is 1. The van der Waals surface area contributed by atoms with Crippen LogP contribution in [0.1, 0.15) is 29.3 Å². The van der Waals surface area contributed by atoms with Gasteiger partial charge in [0.2, 0.25) is 0 Å². The molecule has 1 atom stereocenters. The zero-order valence-corrected chi connectivity index (χ0v) is 11.4. The minimum atomic E-state index is -0.414. The molecule has 1 aromatic rings. The van der Waals surface area contributed by atoms with Gasteiger partial charge in [0.25, 0.3) is 5.91 Å². The summed E-state index contributed by atoms with van der Waals surface area (Å²) in [6.45, 7) is 2.21. The average Bonchev–Trinajstić information content (AvgIpc) is 2.35. The Morgan fingerprint density at radius 3 is 2.67 bits per heavy atom. The molecule has 0 aliphatic carbocycles. The molecule has 3 N–H and O–H groups in total. The summed E-state index contributed by atoms with van der Waals surface area (Å²) < 4.78 is 0. The molecule has 0 saturated heterocycles. The molecule has 0 aromatic heterocycles. The Morgan fingerprint density at radius 2 is 2.11 bits per heavy atom. The van der Waals surface area contributed by atoms with Crippen molar-refractivity contribution >= 4 is 23.1 Å². The summed E-state index contributed by atoms with van der Waals surface area (Å²) in [5.41, 5.74) is 6.76. The highest BCUT2D eigenvalue weighted by molar-refractivity contribution is 7.80. The third-order valence-electron chi connectivity index (χ3n) is 2.62. The SMILES string of the molecule is CC(O)CCN(C)C(=O)c1cccc(C(N)=S)c1. The number of carbonyl (C=O) groups is 1. The summed E-state index contributed by atoms with van der Waals surface area (Å²) in [4.78, 5) is 13.9. The van der Waals surface area contributed by atoms with Crippen LogP contribution in [0.2, 0.25) is 0 Å². The summed E-state index contributed by atoms with van der Waals surface area (Å²) >= 11 is 4.88. The fourth-order valence-corrected chi connectivity index (χ4v) is 1.63. The maximum atomic E-state index is 12.1. The molecule has 0 bridgehead atoms. The van der Waals surface area contributed by atoms with Crippen LogP contribution in [0.4, 0.5) is 0 Å². The lowest BCUT2D eigenvalue weighted by molar-refractivity contribution is 0.0769. The largest absolute Gasteiger partial charge is 0.393 e. The van der Waals surface area contributed by atoms with Gasteiger partial charge in [-0.1, -0.05) is 24.4 Å². The number of benzene rings is 1. The number of hydrogen-bond donors (Lipinski definition) is 2. The van der Waals surface area contributed by atoms with E-state index in [-0.39, 0.29) is 10.9 Å². The first-order chi connectivity index (χ1) is 8.41. The minimum absolute atomic E-state index is 0.103. The molecular weight excluding hydrogens is 248 g/mol. The van der Waals surface area contributed by atoms with E-state index in [2.05, 4.69) is 0 Å². The van der Waals surface area contributed by atoms with Gasteiger partial charge in [0.05, 0.1) is 6.10 Å². The minimum Gasteiger partial charge on any atom is -0.393 e. The van der Waals surface area contributed by atoms with Gasteiger partial charge >= 0.3 is 0 Å². The van der Waals surface area contributed by atoms with Gasteiger partial charge in [-0.3, -0.25) is 4.79 Å². The lowest BCUT2D eigenvalue weighted by atomic mass is 10.1. The van der Waals surface area contributed by atoms with Crippen LogP contribution >= 0.6 is 12.2 Å². The summed E-state index contributed by atoms with van der Waals surface area (Å²) in [6.07, 6.45) is 0.139. The van der Waals surface area contributed by atoms with Crippen molar-refractivity contribution in [1.29, 1.82) is 0 Å². The number of amides is 1. The molecule has 0 aliphatic heterocycles. The maximum absolute atomic E-state index is 12.1. The second-order valence-electron chi connectivity index (χ2n) is 4.31. The lowest BCUT2D eigenvalue weighted by Crippen LogP contribution is -2.29. The van der Waals surface area contributed by atoms with Crippen LogP contribution in [0, 0.1) is 0 Å². The highest BCUT2D eigenvalue weighted by Crippen LogP contribution is 2.08. The van der Waals surface area contributed by atoms with Crippen molar-refractivity contribution in [3.8, 4) is 0 Å². The molecule has 18 heavy (non-hydrogen) atoms. The molecule has 1 amide bonds. The Kier molecular flexibility index (Phi) is 5.25. The van der Waals surface area contributed by atoms with Gasteiger partial charge in [0.1, 0.15) is 4.99 Å². The van der Waals surface area contributed by atoms with Crippen molar-refractivity contribution in [2.45, 2.75) is 19.4 Å². The van der Waals surface area contributed by atoms with Gasteiger partial charge in [-0.2, -0.15) is 0 Å². The number of rotatable bonds is 5. The quantitative estimate of drug-likeness (QED) is 0.785. The topological polar surface area (TPSA) is 66.6 Å². The monoisotopic (exact) mass is 266 g/mol. The molecule has 1 unspecified atom stereocenters. The van der Waals surface area contributed by atoms with Crippen LogP contribution < -0.4 is 5.73 Å². The first-order valence-electron chi connectivity index (χ1n) is 5.75. The second-order valence-corrected chi connectivity index (χ2v) is 4.75. The van der Waals surface area contributed by atoms with Gasteiger partial charge in [0, 0.05) is 24.7 Å². The molecular formula is C13H18N2O2S. The molecule has 0 saturated carbocycles. The lowest BCUT2D eigenvalue weighted by Gasteiger charge is -2.18. The number of nitrogens with two attached hydrogens (primary N) is 1. The fraction of sp³-hybridized carbons (Fsp3) is 0.385. The van der Waals surface area contributed by atoms with Crippen LogP contribution in [0.25, 0.3) is 0 Å². The molecule has 1 rings (SSSR count). The molecule has 0 heterocycles. The standard InChI is InChI=1S/C13H18N2O2S/c1-9(16)6-7-15(2)13(17)11-5-3-4-10(8-11)12(14)18/h3-5,8-9,16H,6-7H2,1-2H3,(H2,14,18). The molecule has 98 valence electrons. The van der Waals surface area contributed by atoms with E-state index >= 15 is 0 Å². The first kappa shape index (κ1) is 14.6. The molecule has 5 heteroatoms. The van der Waals surface area contributed by atoms with Crippen molar-refractivity contribution in [3.05, 3.63) is 35.4 Å². The smallest absolute Gasteiger partial charge is 0.253 e. The zero-order chi connectivity index (χ0) is 13.7. The van der Waals surface area contributed by atoms with Gasteiger partial charge < -0.3 is 15.7 Å². The Labute approximate surface area is 112 Å². The van der Waals surface area contributed by atoms with Gasteiger partial charge in [-0.15, -0.1) is 0 Å². The molecule has 4 nitrogen and oxygen atoms in total. The summed E-state index contributed by atoms with van der Waals surface area (Å²) in [5.74, 6) is -0.103. The number of aliphatic hydroxyl groups excluding tert-OH is 1. The molecule has 0 fully saturated rings. The fourth-order valence-electron chi connectivity index (χ4n) is 1.51. The van der Waals surface area contributed by atoms with E-state index in [4.69, 9.17) is 18.0 Å². The van der Waals surface area contributed by atoms with Crippen LogP contribution in [0.15, 0.2) is 24.3 Å². The van der Waals surface area contributed by atoms with E-state index in [1.54, 1.807) is 43.1 Å². The summed E-state index contributed by atoms with van der Waals surface area (Å²) in [7, 11) is 1.71. The van der Waals surface area contributed by atoms with Gasteiger partial charge in [0.15, 0.2) is 0 Å². The van der Waals surface area contributed by atoms with Crippen LogP contribution in [0.3, 0.4) is 0 Å². The molecule has 0 radical (unpaired) electrons. The van der Waals surface area contributed by atoms with Crippen molar-refractivity contribution in [2.24, 2.45) is 5.73 Å². The maximum Gasteiger partial charge on any atom is 0.253 e. The predicted molar refractivity (Wildman–Crippen MR) is 75.6 cm³/mol. The van der Waals surface area contributed by atoms with Crippen molar-refractivity contribution in [1.82, 2.24) is 4.90 Å². The van der Waals surface area contributed by atoms with E-state index in [0.717, 1.165) is 0 Å². The Bertz CT molecular complexity index is 446. The highest BCUT2D eigenvalue weighted by atomic mass is 32.1. The molecule has 0 spiro atoms. The average molecular weight is 266 g/mol. The third kappa shape index (κ3) is 4.09. The first-order valence-corrected chi connectivity index (χ1v) is 6.16. The van der Waals surface area contributed by atoms with E-state index in [1.807, 2.05) is 0 Å². The van der Waals surface area contributed by atoms with E-state index in [0.29, 0.717) is 24.1 Å². The van der Waals surface area contributed by atoms with Crippen LogP contribution in [-0.2, 0) is 0 Å².